The van der Waals surface area contributed by atoms with E-state index in [0.717, 1.165) is 6.07 Å². The van der Waals surface area contributed by atoms with Crippen LogP contribution >= 0.6 is 0 Å². The van der Waals surface area contributed by atoms with E-state index < -0.39 is 23.9 Å². The fraction of sp³-hybridized carbons (Fsp3) is 0.333. The Morgan fingerprint density at radius 1 is 1.12 bits per heavy atom. The van der Waals surface area contributed by atoms with E-state index >= 15 is 0 Å². The van der Waals surface area contributed by atoms with Crippen molar-refractivity contribution in [1.82, 2.24) is 0 Å². The number of phenolic OH excluding ortho intramolecular Hbond substituents is 2. The molecule has 6 heteroatoms. The van der Waals surface area contributed by atoms with Gasteiger partial charge in [-0.15, -0.1) is 0 Å². The summed E-state index contributed by atoms with van der Waals surface area (Å²) in [5, 5.41) is 29.3. The fourth-order valence-electron chi connectivity index (χ4n) is 2.43. The molecule has 24 heavy (non-hydrogen) atoms. The highest BCUT2D eigenvalue weighted by Gasteiger charge is 2.22. The Balaban J connectivity index is 2.41. The predicted octanol–water partition coefficient (Wildman–Crippen LogP) is 2.02. The van der Waals surface area contributed by atoms with E-state index in [1.807, 2.05) is 0 Å². The summed E-state index contributed by atoms with van der Waals surface area (Å²) in [7, 11) is 0. The number of benzene rings is 1. The molecule has 2 rings (SSSR count). The number of ketones is 1. The number of ether oxygens (including phenoxy) is 1. The number of aromatic hydroxyl groups is 2. The van der Waals surface area contributed by atoms with Crippen LogP contribution in [0.25, 0.3) is 0 Å². The van der Waals surface area contributed by atoms with Crippen molar-refractivity contribution in [2.24, 2.45) is 0 Å². The van der Waals surface area contributed by atoms with Crippen LogP contribution in [0.3, 0.4) is 0 Å². The third kappa shape index (κ3) is 4.70. The largest absolute Gasteiger partial charge is 0.508 e. The Bertz CT molecular complexity index is 689. The molecule has 0 radical (unpaired) electrons. The van der Waals surface area contributed by atoms with Crippen LogP contribution in [0.4, 0.5) is 0 Å². The Kier molecular flexibility index (Phi) is 5.76. The van der Waals surface area contributed by atoms with Gasteiger partial charge in [0.2, 0.25) is 0 Å². The van der Waals surface area contributed by atoms with Gasteiger partial charge in [0.05, 0.1) is 6.10 Å². The highest BCUT2D eigenvalue weighted by molar-refractivity contribution is 5.98. The second kappa shape index (κ2) is 7.79. The lowest BCUT2D eigenvalue weighted by molar-refractivity contribution is -0.114. The molecule has 0 bridgehead atoms. The molecule has 1 aromatic carbocycles. The molecule has 0 amide bonds. The Morgan fingerprint density at radius 3 is 2.62 bits per heavy atom. The monoisotopic (exact) mass is 332 g/mol. The number of hydrogen-bond donors (Lipinski definition) is 3. The van der Waals surface area contributed by atoms with Crippen LogP contribution in [0.5, 0.6) is 11.5 Å². The van der Waals surface area contributed by atoms with Gasteiger partial charge >= 0.3 is 5.97 Å². The molecule has 0 unspecified atom stereocenters. The van der Waals surface area contributed by atoms with Crippen molar-refractivity contribution in [1.29, 1.82) is 0 Å². The van der Waals surface area contributed by atoms with E-state index in [-0.39, 0.29) is 35.5 Å². The highest BCUT2D eigenvalue weighted by atomic mass is 16.5. The lowest BCUT2D eigenvalue weighted by atomic mass is 10.00. The molecule has 0 saturated carbocycles. The molecule has 6 nitrogen and oxygen atoms in total. The lowest BCUT2D eigenvalue weighted by Crippen LogP contribution is -2.17. The fourth-order valence-corrected chi connectivity index (χ4v) is 2.43. The maximum atomic E-state index is 12.3. The van der Waals surface area contributed by atoms with Gasteiger partial charge in [0, 0.05) is 18.9 Å². The van der Waals surface area contributed by atoms with E-state index in [1.165, 1.54) is 12.1 Å². The first kappa shape index (κ1) is 17.7. The minimum atomic E-state index is -0.766. The van der Waals surface area contributed by atoms with E-state index in [2.05, 4.69) is 0 Å². The minimum Gasteiger partial charge on any atom is -0.508 e. The van der Waals surface area contributed by atoms with Crippen LogP contribution in [0, 0.1) is 0 Å². The number of hydrogen-bond acceptors (Lipinski definition) is 6. The first-order valence-corrected chi connectivity index (χ1v) is 7.66. The van der Waals surface area contributed by atoms with Crippen LogP contribution in [0.2, 0.25) is 0 Å². The highest BCUT2D eigenvalue weighted by Crippen LogP contribution is 2.29. The van der Waals surface area contributed by atoms with Crippen molar-refractivity contribution in [3.8, 4) is 11.5 Å². The minimum absolute atomic E-state index is 0.123. The maximum absolute atomic E-state index is 12.3. The standard InChI is InChI=1S/C18H20O6/c1-11-4-2-5-13(19)6-3-7-14(20)8-12-9-15(21)10-16(22)17(12)18(23)24-11/h2-3,5,7,9-11,13,19,21-22H,4,6,8H2,1H3/t11-,13-/m1/s1. The van der Waals surface area contributed by atoms with Crippen LogP contribution in [-0.2, 0) is 16.0 Å². The van der Waals surface area contributed by atoms with Crippen molar-refractivity contribution < 1.29 is 29.6 Å². The molecule has 0 aromatic heterocycles. The number of fused-ring (bicyclic) bond motifs is 1. The molecule has 0 saturated heterocycles. The van der Waals surface area contributed by atoms with Crippen molar-refractivity contribution in [3.63, 3.8) is 0 Å². The number of esters is 1. The molecule has 0 fully saturated rings. The number of aliphatic hydroxyl groups excluding tert-OH is 1. The molecule has 3 N–H and O–H groups in total. The summed E-state index contributed by atoms with van der Waals surface area (Å²) in [6.07, 6.45) is 5.44. The van der Waals surface area contributed by atoms with Gasteiger partial charge in [0.15, 0.2) is 5.78 Å². The number of carbonyl (C=O) groups excluding carboxylic acids is 2. The molecule has 2 atom stereocenters. The third-order valence-electron chi connectivity index (χ3n) is 3.57. The molecule has 0 aliphatic carbocycles. The van der Waals surface area contributed by atoms with Crippen molar-refractivity contribution in [3.05, 3.63) is 47.6 Å². The average molecular weight is 332 g/mol. The van der Waals surface area contributed by atoms with Gasteiger partial charge in [0.25, 0.3) is 0 Å². The Labute approximate surface area is 139 Å². The molecular weight excluding hydrogens is 312 g/mol. The van der Waals surface area contributed by atoms with Gasteiger partial charge in [-0.05, 0) is 31.1 Å². The summed E-state index contributed by atoms with van der Waals surface area (Å²) in [4.78, 5) is 24.3. The second-order valence-corrected chi connectivity index (χ2v) is 5.73. The molecule has 128 valence electrons. The predicted molar refractivity (Wildman–Crippen MR) is 86.9 cm³/mol. The summed E-state index contributed by atoms with van der Waals surface area (Å²) >= 11 is 0. The molecular formula is C18H20O6. The van der Waals surface area contributed by atoms with Gasteiger partial charge in [0.1, 0.15) is 23.2 Å². The number of rotatable bonds is 0. The Morgan fingerprint density at radius 2 is 1.88 bits per heavy atom. The van der Waals surface area contributed by atoms with Crippen LogP contribution < -0.4 is 0 Å². The van der Waals surface area contributed by atoms with Gasteiger partial charge in [-0.25, -0.2) is 4.79 Å². The number of aliphatic hydroxyl groups is 1. The lowest BCUT2D eigenvalue weighted by Gasteiger charge is -2.15. The van der Waals surface area contributed by atoms with Crippen molar-refractivity contribution in [2.45, 2.75) is 38.4 Å². The average Bonchev–Trinajstić information content (AvgIpc) is 2.45. The first-order valence-electron chi connectivity index (χ1n) is 7.66. The molecule has 1 heterocycles. The smallest absolute Gasteiger partial charge is 0.342 e. The van der Waals surface area contributed by atoms with Crippen molar-refractivity contribution in [2.75, 3.05) is 0 Å². The summed E-state index contributed by atoms with van der Waals surface area (Å²) in [6.45, 7) is 1.68. The SMILES string of the molecule is C[C@@H]1CC=C[C@@H](O)CC=CC(=O)Cc2cc(O)cc(O)c2C(=O)O1. The van der Waals surface area contributed by atoms with E-state index in [4.69, 9.17) is 4.74 Å². The van der Waals surface area contributed by atoms with Gasteiger partial charge in [-0.2, -0.15) is 0 Å². The van der Waals surface area contributed by atoms with E-state index in [1.54, 1.807) is 25.2 Å². The Hall–Kier alpha value is -2.60. The molecule has 1 aliphatic rings. The number of carbonyl (C=O) groups is 2. The van der Waals surface area contributed by atoms with Gasteiger partial charge in [-0.1, -0.05) is 18.2 Å². The van der Waals surface area contributed by atoms with Gasteiger partial charge < -0.3 is 20.1 Å². The normalized spacial score (nSPS) is 22.6. The molecule has 1 aromatic rings. The van der Waals surface area contributed by atoms with Crippen LogP contribution in [0.15, 0.2) is 36.4 Å². The van der Waals surface area contributed by atoms with E-state index in [0.29, 0.717) is 6.42 Å². The number of cyclic esters (lactones) is 1. The number of phenols is 2. The van der Waals surface area contributed by atoms with Crippen molar-refractivity contribution >= 4 is 11.8 Å². The number of allylic oxidation sites excluding steroid dienone is 1. The zero-order valence-electron chi connectivity index (χ0n) is 13.3. The first-order chi connectivity index (χ1) is 11.4. The zero-order valence-corrected chi connectivity index (χ0v) is 13.3. The maximum Gasteiger partial charge on any atom is 0.342 e. The van der Waals surface area contributed by atoms with E-state index in [9.17, 15) is 24.9 Å². The van der Waals surface area contributed by atoms with Gasteiger partial charge in [-0.3, -0.25) is 4.79 Å². The molecule has 1 aliphatic heterocycles. The quantitative estimate of drug-likeness (QED) is 0.496. The third-order valence-corrected chi connectivity index (χ3v) is 3.57. The van der Waals surface area contributed by atoms with Crippen LogP contribution in [-0.4, -0.2) is 39.3 Å². The summed E-state index contributed by atoms with van der Waals surface area (Å²) in [5.41, 5.74) is 0.0648. The summed E-state index contributed by atoms with van der Waals surface area (Å²) in [5.74, 6) is -1.77. The second-order valence-electron chi connectivity index (χ2n) is 5.73. The zero-order chi connectivity index (χ0) is 17.7. The molecule has 0 spiro atoms. The van der Waals surface area contributed by atoms with Crippen LogP contribution in [0.1, 0.15) is 35.7 Å². The summed E-state index contributed by atoms with van der Waals surface area (Å²) < 4.78 is 5.27. The topological polar surface area (TPSA) is 104 Å². The summed E-state index contributed by atoms with van der Waals surface area (Å²) in [6, 6.07) is 2.29.